The van der Waals surface area contributed by atoms with Crippen molar-refractivity contribution in [3.8, 4) is 0 Å². The second kappa shape index (κ2) is 7.09. The van der Waals surface area contributed by atoms with Gasteiger partial charge in [-0.3, -0.25) is 9.59 Å². The zero-order chi connectivity index (χ0) is 18.8. The van der Waals surface area contributed by atoms with Gasteiger partial charge in [0.25, 0.3) is 5.91 Å². The Balaban J connectivity index is 1.54. The van der Waals surface area contributed by atoms with E-state index in [0.717, 1.165) is 16.5 Å². The van der Waals surface area contributed by atoms with Crippen molar-refractivity contribution in [1.29, 1.82) is 0 Å². The Morgan fingerprint density at radius 1 is 1.15 bits per heavy atom. The number of nitrogens with one attached hydrogen (secondary N) is 3. The predicted molar refractivity (Wildman–Crippen MR) is 107 cm³/mol. The van der Waals surface area contributed by atoms with Gasteiger partial charge >= 0.3 is 0 Å². The van der Waals surface area contributed by atoms with Crippen molar-refractivity contribution >= 4 is 51.8 Å². The van der Waals surface area contributed by atoms with Crippen LogP contribution in [0, 0.1) is 0 Å². The maximum absolute atomic E-state index is 12.3. The molecule has 3 N–H and O–H groups in total. The number of benzene rings is 2. The van der Waals surface area contributed by atoms with Gasteiger partial charge in [0.05, 0.1) is 17.7 Å². The largest absolute Gasteiger partial charge is 0.361 e. The molecule has 0 bridgehead atoms. The molecular weight excluding hydrogens is 364 g/mol. The van der Waals surface area contributed by atoms with Crippen LogP contribution in [0.3, 0.4) is 0 Å². The molecule has 0 aliphatic carbocycles. The number of carbonyl (C=O) groups excluding carboxylic acids is 2. The van der Waals surface area contributed by atoms with Gasteiger partial charge in [0, 0.05) is 33.4 Å². The minimum atomic E-state index is -0.324. The number of hydrogen-bond acceptors (Lipinski definition) is 3. The molecule has 7 heteroatoms. The summed E-state index contributed by atoms with van der Waals surface area (Å²) in [5, 5.41) is 8.36. The molecule has 134 valence electrons. The van der Waals surface area contributed by atoms with E-state index in [4.69, 9.17) is 11.6 Å². The average Bonchev–Trinajstić information content (AvgIpc) is 3.22. The first-order valence-corrected chi connectivity index (χ1v) is 8.68. The summed E-state index contributed by atoms with van der Waals surface area (Å²) in [6.45, 7) is 0. The molecule has 0 unspecified atom stereocenters. The monoisotopic (exact) mass is 378 g/mol. The SMILES string of the molecule is O=C(CC1=NNC(=O)C1=Cc1c[nH]c2ccccc12)Nc1ccc(Cl)cc1. The lowest BCUT2D eigenvalue weighted by Gasteiger charge is -2.05. The Morgan fingerprint density at radius 2 is 1.93 bits per heavy atom. The van der Waals surface area contributed by atoms with Crippen LogP contribution in [0.25, 0.3) is 17.0 Å². The van der Waals surface area contributed by atoms with Crippen LogP contribution < -0.4 is 10.7 Å². The molecule has 27 heavy (non-hydrogen) atoms. The number of fused-ring (bicyclic) bond motifs is 1. The second-order valence-electron chi connectivity index (χ2n) is 6.08. The van der Waals surface area contributed by atoms with Crippen LogP contribution in [0.5, 0.6) is 0 Å². The van der Waals surface area contributed by atoms with Crippen LogP contribution in [-0.2, 0) is 9.59 Å². The van der Waals surface area contributed by atoms with Crippen LogP contribution >= 0.6 is 11.6 Å². The highest BCUT2D eigenvalue weighted by atomic mass is 35.5. The summed E-state index contributed by atoms with van der Waals surface area (Å²) < 4.78 is 0. The second-order valence-corrected chi connectivity index (χ2v) is 6.52. The molecule has 0 radical (unpaired) electrons. The Kier molecular flexibility index (Phi) is 4.48. The van der Waals surface area contributed by atoms with Gasteiger partial charge in [0.15, 0.2) is 0 Å². The van der Waals surface area contributed by atoms with Crippen molar-refractivity contribution in [3.05, 3.63) is 70.9 Å². The highest BCUT2D eigenvalue weighted by Crippen LogP contribution is 2.22. The number of carbonyl (C=O) groups is 2. The van der Waals surface area contributed by atoms with Crippen LogP contribution in [0.4, 0.5) is 5.69 Å². The van der Waals surface area contributed by atoms with Crippen molar-refractivity contribution in [3.63, 3.8) is 0 Å². The molecule has 2 amide bonds. The summed E-state index contributed by atoms with van der Waals surface area (Å²) in [7, 11) is 0. The molecule has 1 aliphatic rings. The molecule has 0 atom stereocenters. The quantitative estimate of drug-likeness (QED) is 0.604. The van der Waals surface area contributed by atoms with E-state index in [-0.39, 0.29) is 18.2 Å². The smallest absolute Gasteiger partial charge is 0.273 e. The number of hydrogen-bond donors (Lipinski definition) is 3. The van der Waals surface area contributed by atoms with Crippen LogP contribution in [0.2, 0.25) is 5.02 Å². The molecule has 0 fully saturated rings. The van der Waals surface area contributed by atoms with E-state index in [0.29, 0.717) is 22.0 Å². The zero-order valence-corrected chi connectivity index (χ0v) is 14.9. The molecule has 4 rings (SSSR count). The van der Waals surface area contributed by atoms with Crippen LogP contribution in [-0.4, -0.2) is 22.5 Å². The fourth-order valence-electron chi connectivity index (χ4n) is 2.91. The third-order valence-electron chi connectivity index (χ3n) is 4.22. The van der Waals surface area contributed by atoms with Crippen LogP contribution in [0.15, 0.2) is 65.4 Å². The minimum absolute atomic E-state index is 0.0183. The molecule has 0 saturated heterocycles. The Hall–Kier alpha value is -3.38. The molecule has 0 saturated carbocycles. The normalized spacial score (nSPS) is 15.1. The molecule has 2 aromatic carbocycles. The van der Waals surface area contributed by atoms with Gasteiger partial charge in [0.1, 0.15) is 0 Å². The third kappa shape index (κ3) is 3.61. The van der Waals surface area contributed by atoms with E-state index < -0.39 is 0 Å². The molecule has 6 nitrogen and oxygen atoms in total. The molecule has 2 heterocycles. The number of amides is 2. The highest BCUT2D eigenvalue weighted by molar-refractivity contribution is 6.32. The summed E-state index contributed by atoms with van der Waals surface area (Å²) in [5.41, 5.74) is 5.68. The number of aromatic amines is 1. The number of aromatic nitrogens is 1. The molecule has 0 spiro atoms. The van der Waals surface area contributed by atoms with E-state index >= 15 is 0 Å². The first-order chi connectivity index (χ1) is 13.1. The fourth-order valence-corrected chi connectivity index (χ4v) is 3.04. The van der Waals surface area contributed by atoms with Gasteiger partial charge in [0.2, 0.25) is 5.91 Å². The number of rotatable bonds is 4. The summed E-state index contributed by atoms with van der Waals surface area (Å²) >= 11 is 5.84. The van der Waals surface area contributed by atoms with Crippen molar-refractivity contribution in [2.24, 2.45) is 5.10 Å². The van der Waals surface area contributed by atoms with E-state index in [1.54, 1.807) is 30.3 Å². The number of anilines is 1. The number of nitrogens with zero attached hydrogens (tertiary/aromatic N) is 1. The lowest BCUT2D eigenvalue weighted by molar-refractivity contribution is -0.116. The number of H-pyrrole nitrogens is 1. The molecule has 1 aliphatic heterocycles. The number of halogens is 1. The Morgan fingerprint density at radius 3 is 2.74 bits per heavy atom. The molecular formula is C20H15ClN4O2. The summed E-state index contributed by atoms with van der Waals surface area (Å²) in [4.78, 5) is 27.7. The van der Waals surface area contributed by atoms with Crippen molar-refractivity contribution in [2.45, 2.75) is 6.42 Å². The predicted octanol–water partition coefficient (Wildman–Crippen LogP) is 3.72. The Bertz CT molecular complexity index is 1100. The lowest BCUT2D eigenvalue weighted by Crippen LogP contribution is -2.18. The highest BCUT2D eigenvalue weighted by Gasteiger charge is 2.25. The van der Waals surface area contributed by atoms with Crippen molar-refractivity contribution in [2.75, 3.05) is 5.32 Å². The maximum Gasteiger partial charge on any atom is 0.273 e. The maximum atomic E-state index is 12.3. The van der Waals surface area contributed by atoms with Crippen molar-refractivity contribution in [1.82, 2.24) is 10.4 Å². The lowest BCUT2D eigenvalue weighted by atomic mass is 10.0. The summed E-state index contributed by atoms with van der Waals surface area (Å²) in [5.74, 6) is -0.591. The summed E-state index contributed by atoms with van der Waals surface area (Å²) in [6, 6.07) is 14.6. The first kappa shape index (κ1) is 17.1. The van der Waals surface area contributed by atoms with E-state index in [1.165, 1.54) is 0 Å². The van der Waals surface area contributed by atoms with E-state index in [9.17, 15) is 9.59 Å². The fraction of sp³-hybridized carbons (Fsp3) is 0.0500. The first-order valence-electron chi connectivity index (χ1n) is 8.30. The molecule has 1 aromatic heterocycles. The van der Waals surface area contributed by atoms with Gasteiger partial charge in [-0.15, -0.1) is 0 Å². The minimum Gasteiger partial charge on any atom is -0.361 e. The number of hydrazone groups is 1. The third-order valence-corrected chi connectivity index (χ3v) is 4.48. The van der Waals surface area contributed by atoms with Gasteiger partial charge in [-0.1, -0.05) is 29.8 Å². The van der Waals surface area contributed by atoms with Gasteiger partial charge in [-0.2, -0.15) is 5.10 Å². The zero-order valence-electron chi connectivity index (χ0n) is 14.1. The summed E-state index contributed by atoms with van der Waals surface area (Å²) in [6.07, 6.45) is 3.56. The van der Waals surface area contributed by atoms with Gasteiger partial charge < -0.3 is 10.3 Å². The average molecular weight is 379 g/mol. The van der Waals surface area contributed by atoms with E-state index in [2.05, 4.69) is 20.8 Å². The van der Waals surface area contributed by atoms with Crippen molar-refractivity contribution < 1.29 is 9.59 Å². The molecule has 3 aromatic rings. The van der Waals surface area contributed by atoms with Crippen LogP contribution in [0.1, 0.15) is 12.0 Å². The van der Waals surface area contributed by atoms with E-state index in [1.807, 2.05) is 30.5 Å². The van der Waals surface area contributed by atoms with Gasteiger partial charge in [-0.05, 0) is 36.4 Å². The topological polar surface area (TPSA) is 86.3 Å². The standard InChI is InChI=1S/C20H15ClN4O2/c21-13-5-7-14(8-6-13)23-19(26)10-18-16(20(27)25-24-18)9-12-11-22-17-4-2-1-3-15(12)17/h1-9,11,22H,10H2,(H,23,26)(H,25,27). The Labute approximate surface area is 159 Å². The number of para-hydroxylation sites is 1. The van der Waals surface area contributed by atoms with Gasteiger partial charge in [-0.25, -0.2) is 5.43 Å².